The average molecular weight is 308 g/mol. The number of hydrogen-bond donors (Lipinski definition) is 2. The van der Waals surface area contributed by atoms with Crippen LogP contribution in [0.1, 0.15) is 48.6 Å². The highest BCUT2D eigenvalue weighted by Crippen LogP contribution is 2.26. The maximum absolute atomic E-state index is 12.1. The van der Waals surface area contributed by atoms with Crippen LogP contribution in [-0.2, 0) is 11.2 Å². The van der Waals surface area contributed by atoms with Crippen LogP contribution in [0.3, 0.4) is 0 Å². The lowest BCUT2D eigenvalue weighted by molar-refractivity contribution is -0.139. The van der Waals surface area contributed by atoms with Gasteiger partial charge in [-0.05, 0) is 37.9 Å². The van der Waals surface area contributed by atoms with E-state index in [-0.39, 0.29) is 24.5 Å². The molecule has 6 heteroatoms. The number of amides is 1. The molecule has 1 saturated carbocycles. The van der Waals surface area contributed by atoms with Crippen LogP contribution in [0, 0.1) is 6.92 Å². The predicted octanol–water partition coefficient (Wildman–Crippen LogP) is 1.82. The van der Waals surface area contributed by atoms with Gasteiger partial charge in [-0.2, -0.15) is 0 Å². The fraction of sp³-hybridized carbons (Fsp3) is 0.625. The third kappa shape index (κ3) is 3.68. The summed E-state index contributed by atoms with van der Waals surface area (Å²) >= 11 is 0. The van der Waals surface area contributed by atoms with Crippen molar-refractivity contribution in [1.82, 2.24) is 10.2 Å². The van der Waals surface area contributed by atoms with Crippen LogP contribution >= 0.6 is 0 Å². The number of furan rings is 1. The Morgan fingerprint density at radius 2 is 2.09 bits per heavy atom. The Kier molecular flexibility index (Phi) is 5.24. The van der Waals surface area contributed by atoms with Crippen molar-refractivity contribution in [3.8, 4) is 0 Å². The molecule has 0 aromatic carbocycles. The highest BCUT2D eigenvalue weighted by molar-refractivity contribution is 5.92. The fourth-order valence-electron chi connectivity index (χ4n) is 2.92. The lowest BCUT2D eigenvalue weighted by Crippen LogP contribution is -2.54. The summed E-state index contributed by atoms with van der Waals surface area (Å²) in [5, 5.41) is 11.8. The van der Waals surface area contributed by atoms with Gasteiger partial charge >= 0.3 is 5.97 Å². The van der Waals surface area contributed by atoms with Crippen LogP contribution in [0.2, 0.25) is 0 Å². The number of likely N-dealkylation sites (N-methyl/N-ethyl adjacent to an activating group) is 1. The van der Waals surface area contributed by atoms with Gasteiger partial charge in [0.05, 0.1) is 6.54 Å². The SMILES string of the molecule is CCc1oc(C(=O)NC2CC(N(CC)CC(=O)O)C2)cc1C. The highest BCUT2D eigenvalue weighted by atomic mass is 16.4. The summed E-state index contributed by atoms with van der Waals surface area (Å²) in [4.78, 5) is 24.9. The second-order valence-corrected chi connectivity index (χ2v) is 5.82. The van der Waals surface area contributed by atoms with E-state index in [2.05, 4.69) is 5.32 Å². The first-order valence-corrected chi connectivity index (χ1v) is 7.80. The molecule has 0 spiro atoms. The zero-order valence-corrected chi connectivity index (χ0v) is 13.4. The normalized spacial score (nSPS) is 20.7. The second-order valence-electron chi connectivity index (χ2n) is 5.82. The molecule has 0 saturated heterocycles. The van der Waals surface area contributed by atoms with E-state index in [0.717, 1.165) is 30.6 Å². The number of carbonyl (C=O) groups is 2. The van der Waals surface area contributed by atoms with Gasteiger partial charge in [-0.25, -0.2) is 0 Å². The number of rotatable bonds is 7. The Morgan fingerprint density at radius 3 is 2.59 bits per heavy atom. The summed E-state index contributed by atoms with van der Waals surface area (Å²) < 4.78 is 5.54. The van der Waals surface area contributed by atoms with Crippen LogP contribution in [0.4, 0.5) is 0 Å². The lowest BCUT2D eigenvalue weighted by Gasteiger charge is -2.42. The molecule has 1 aromatic heterocycles. The molecule has 22 heavy (non-hydrogen) atoms. The number of aryl methyl sites for hydroxylation is 2. The molecular formula is C16H24N2O4. The predicted molar refractivity (Wildman–Crippen MR) is 82.0 cm³/mol. The largest absolute Gasteiger partial charge is 0.480 e. The van der Waals surface area contributed by atoms with E-state index in [1.807, 2.05) is 25.7 Å². The maximum atomic E-state index is 12.1. The number of nitrogens with zero attached hydrogens (tertiary/aromatic N) is 1. The Labute approximate surface area is 130 Å². The standard InChI is InChI=1S/C16H24N2O4/c1-4-13-10(3)6-14(22-13)16(21)17-11-7-12(8-11)18(5-2)9-15(19)20/h6,11-12H,4-5,7-9H2,1-3H3,(H,17,21)(H,19,20). The van der Waals surface area contributed by atoms with Crippen molar-refractivity contribution in [2.24, 2.45) is 0 Å². The number of carbonyl (C=O) groups excluding carboxylic acids is 1. The van der Waals surface area contributed by atoms with E-state index in [9.17, 15) is 9.59 Å². The smallest absolute Gasteiger partial charge is 0.317 e. The molecule has 122 valence electrons. The summed E-state index contributed by atoms with van der Waals surface area (Å²) in [7, 11) is 0. The molecule has 1 heterocycles. The molecule has 0 radical (unpaired) electrons. The molecule has 0 unspecified atom stereocenters. The van der Waals surface area contributed by atoms with Gasteiger partial charge in [0.15, 0.2) is 5.76 Å². The Balaban J connectivity index is 1.83. The minimum absolute atomic E-state index is 0.0546. The second kappa shape index (κ2) is 6.96. The fourth-order valence-corrected chi connectivity index (χ4v) is 2.92. The van der Waals surface area contributed by atoms with Crippen LogP contribution in [0.5, 0.6) is 0 Å². The number of hydrogen-bond acceptors (Lipinski definition) is 4. The van der Waals surface area contributed by atoms with E-state index < -0.39 is 5.97 Å². The van der Waals surface area contributed by atoms with E-state index >= 15 is 0 Å². The van der Waals surface area contributed by atoms with Crippen molar-refractivity contribution >= 4 is 11.9 Å². The minimum atomic E-state index is -0.813. The topological polar surface area (TPSA) is 82.8 Å². The molecule has 1 aliphatic rings. The van der Waals surface area contributed by atoms with Crippen LogP contribution in [0.25, 0.3) is 0 Å². The molecule has 0 bridgehead atoms. The quantitative estimate of drug-likeness (QED) is 0.803. The summed E-state index contributed by atoms with van der Waals surface area (Å²) in [5.41, 5.74) is 0.998. The number of aliphatic carboxylic acids is 1. The van der Waals surface area contributed by atoms with Crippen molar-refractivity contribution in [2.75, 3.05) is 13.1 Å². The van der Waals surface area contributed by atoms with Gasteiger partial charge in [-0.3, -0.25) is 14.5 Å². The van der Waals surface area contributed by atoms with Crippen LogP contribution in [0.15, 0.2) is 10.5 Å². The molecule has 0 atom stereocenters. The minimum Gasteiger partial charge on any atom is -0.480 e. The van der Waals surface area contributed by atoms with Gasteiger partial charge in [-0.1, -0.05) is 13.8 Å². The van der Waals surface area contributed by atoms with Crippen molar-refractivity contribution in [3.05, 3.63) is 23.2 Å². The van der Waals surface area contributed by atoms with E-state index in [1.165, 1.54) is 0 Å². The molecule has 0 aliphatic heterocycles. The summed E-state index contributed by atoms with van der Waals surface area (Å²) in [6, 6.07) is 2.10. The van der Waals surface area contributed by atoms with Gasteiger partial charge in [-0.15, -0.1) is 0 Å². The van der Waals surface area contributed by atoms with Gasteiger partial charge in [0.2, 0.25) is 0 Å². The van der Waals surface area contributed by atoms with Gasteiger partial charge in [0, 0.05) is 18.5 Å². The molecule has 1 aromatic rings. The first kappa shape index (κ1) is 16.5. The third-order valence-electron chi connectivity index (χ3n) is 4.27. The van der Waals surface area contributed by atoms with Crippen molar-refractivity contribution < 1.29 is 19.1 Å². The van der Waals surface area contributed by atoms with Crippen LogP contribution in [-0.4, -0.2) is 47.1 Å². The summed E-state index contributed by atoms with van der Waals surface area (Å²) in [5.74, 6) is 0.200. The van der Waals surface area contributed by atoms with Gasteiger partial charge < -0.3 is 14.8 Å². The third-order valence-corrected chi connectivity index (χ3v) is 4.27. The average Bonchev–Trinajstić information content (AvgIpc) is 2.81. The van der Waals surface area contributed by atoms with Gasteiger partial charge in [0.25, 0.3) is 5.91 Å². The molecule has 6 nitrogen and oxygen atoms in total. The highest BCUT2D eigenvalue weighted by Gasteiger charge is 2.35. The Hall–Kier alpha value is -1.82. The number of nitrogens with one attached hydrogen (secondary N) is 1. The zero-order chi connectivity index (χ0) is 16.3. The van der Waals surface area contributed by atoms with E-state index in [1.54, 1.807) is 6.07 Å². The van der Waals surface area contributed by atoms with E-state index in [4.69, 9.17) is 9.52 Å². The zero-order valence-electron chi connectivity index (χ0n) is 13.4. The maximum Gasteiger partial charge on any atom is 0.317 e. The lowest BCUT2D eigenvalue weighted by atomic mass is 9.85. The van der Waals surface area contributed by atoms with E-state index in [0.29, 0.717) is 12.3 Å². The summed E-state index contributed by atoms with van der Waals surface area (Å²) in [6.45, 7) is 6.63. The van der Waals surface area contributed by atoms with Crippen molar-refractivity contribution in [3.63, 3.8) is 0 Å². The molecular weight excluding hydrogens is 284 g/mol. The van der Waals surface area contributed by atoms with Gasteiger partial charge in [0.1, 0.15) is 5.76 Å². The number of carboxylic acid groups (broad SMARTS) is 1. The first-order valence-electron chi connectivity index (χ1n) is 7.80. The molecule has 1 amide bonds. The van der Waals surface area contributed by atoms with Crippen molar-refractivity contribution in [1.29, 1.82) is 0 Å². The number of carboxylic acids is 1. The summed E-state index contributed by atoms with van der Waals surface area (Å²) in [6.07, 6.45) is 2.34. The monoisotopic (exact) mass is 308 g/mol. The van der Waals surface area contributed by atoms with Crippen molar-refractivity contribution in [2.45, 2.75) is 52.1 Å². The first-order chi connectivity index (χ1) is 10.4. The molecule has 2 N–H and O–H groups in total. The molecule has 2 rings (SSSR count). The Bertz CT molecular complexity index is 546. The molecule has 1 fully saturated rings. The Morgan fingerprint density at radius 1 is 1.41 bits per heavy atom. The van der Waals surface area contributed by atoms with Crippen LogP contribution < -0.4 is 5.32 Å². The molecule has 1 aliphatic carbocycles.